The van der Waals surface area contributed by atoms with E-state index in [2.05, 4.69) is 36.3 Å². The van der Waals surface area contributed by atoms with Crippen molar-refractivity contribution in [3.05, 3.63) is 59.2 Å². The molecule has 0 fully saturated rings. The molecule has 5 heteroatoms. The van der Waals surface area contributed by atoms with Crippen LogP contribution < -0.4 is 15.5 Å². The van der Waals surface area contributed by atoms with Crippen LogP contribution in [0.2, 0.25) is 0 Å². The Kier molecular flexibility index (Phi) is 7.61. The maximum Gasteiger partial charge on any atom is 0.313 e. The summed E-state index contributed by atoms with van der Waals surface area (Å²) in [6.07, 6.45) is 0.968. The number of benzene rings is 2. The minimum atomic E-state index is -0.657. The lowest BCUT2D eigenvalue weighted by Crippen LogP contribution is -2.37. The highest BCUT2D eigenvalue weighted by molar-refractivity contribution is 6.39. The van der Waals surface area contributed by atoms with Crippen molar-refractivity contribution >= 4 is 23.2 Å². The minimum Gasteiger partial charge on any atom is -0.372 e. The van der Waals surface area contributed by atoms with Gasteiger partial charge in [-0.3, -0.25) is 9.59 Å². The van der Waals surface area contributed by atoms with Gasteiger partial charge in [0.25, 0.3) is 0 Å². The van der Waals surface area contributed by atoms with Gasteiger partial charge in [-0.1, -0.05) is 31.2 Å². The van der Waals surface area contributed by atoms with Gasteiger partial charge in [0.2, 0.25) is 0 Å². The van der Waals surface area contributed by atoms with Crippen LogP contribution in [0.5, 0.6) is 0 Å². The second-order valence-corrected chi connectivity index (χ2v) is 6.92. The summed E-state index contributed by atoms with van der Waals surface area (Å²) in [5.41, 5.74) is 4.89. The van der Waals surface area contributed by atoms with E-state index in [1.165, 1.54) is 5.56 Å². The average Bonchev–Trinajstić information content (AvgIpc) is 2.70. The molecule has 0 radical (unpaired) electrons. The normalized spacial score (nSPS) is 11.6. The quantitative estimate of drug-likeness (QED) is 0.706. The van der Waals surface area contributed by atoms with Gasteiger partial charge in [0.15, 0.2) is 0 Å². The van der Waals surface area contributed by atoms with Gasteiger partial charge in [0, 0.05) is 24.5 Å². The van der Waals surface area contributed by atoms with Crippen LogP contribution >= 0.6 is 0 Å². The van der Waals surface area contributed by atoms with E-state index < -0.39 is 11.8 Å². The summed E-state index contributed by atoms with van der Waals surface area (Å²) < 4.78 is 0. The molecule has 0 bridgehead atoms. The molecule has 0 aliphatic rings. The Balaban J connectivity index is 2.00. The molecule has 0 aliphatic heterocycles. The van der Waals surface area contributed by atoms with Gasteiger partial charge in [-0.2, -0.15) is 0 Å². The summed E-state index contributed by atoms with van der Waals surface area (Å²) in [4.78, 5) is 26.9. The molecule has 2 aromatic carbocycles. The molecular weight excluding hydrogens is 350 g/mol. The third-order valence-corrected chi connectivity index (χ3v) is 5.03. The second kappa shape index (κ2) is 9.93. The molecule has 2 rings (SSSR count). The van der Waals surface area contributed by atoms with Crippen molar-refractivity contribution < 1.29 is 9.59 Å². The molecule has 150 valence electrons. The summed E-state index contributed by atoms with van der Waals surface area (Å²) >= 11 is 0. The number of hydrogen-bond acceptors (Lipinski definition) is 3. The monoisotopic (exact) mass is 381 g/mol. The Hall–Kier alpha value is -2.82. The smallest absolute Gasteiger partial charge is 0.313 e. The first-order valence-corrected chi connectivity index (χ1v) is 9.95. The van der Waals surface area contributed by atoms with E-state index in [0.29, 0.717) is 5.69 Å². The lowest BCUT2D eigenvalue weighted by atomic mass is 10.0. The van der Waals surface area contributed by atoms with Crippen molar-refractivity contribution in [2.24, 2.45) is 0 Å². The Morgan fingerprint density at radius 2 is 1.61 bits per heavy atom. The number of carbonyl (C=O) groups excluding carboxylic acids is 2. The van der Waals surface area contributed by atoms with Crippen LogP contribution in [0, 0.1) is 6.92 Å². The summed E-state index contributed by atoms with van der Waals surface area (Å²) in [7, 11) is 0. The molecular formula is C23H31N3O2. The first-order chi connectivity index (χ1) is 13.4. The lowest BCUT2D eigenvalue weighted by molar-refractivity contribution is -0.136. The van der Waals surface area contributed by atoms with E-state index in [0.717, 1.165) is 36.3 Å². The highest BCUT2D eigenvalue weighted by Gasteiger charge is 2.18. The van der Waals surface area contributed by atoms with Crippen LogP contribution in [0.25, 0.3) is 0 Å². The SMILES string of the molecule is CCc1ccc(C(C)NC(=O)C(=O)Nc2ccc(N(CC)CC)cc2C)cc1. The zero-order valence-corrected chi connectivity index (χ0v) is 17.5. The third kappa shape index (κ3) is 5.35. The van der Waals surface area contributed by atoms with Gasteiger partial charge in [-0.15, -0.1) is 0 Å². The first kappa shape index (κ1) is 21.5. The number of hydrogen-bond donors (Lipinski definition) is 2. The van der Waals surface area contributed by atoms with Crippen molar-refractivity contribution in [1.29, 1.82) is 0 Å². The second-order valence-electron chi connectivity index (χ2n) is 6.92. The number of anilines is 2. The first-order valence-electron chi connectivity index (χ1n) is 9.95. The molecule has 0 saturated heterocycles. The summed E-state index contributed by atoms with van der Waals surface area (Å²) in [5.74, 6) is -1.30. The number of rotatable bonds is 7. The largest absolute Gasteiger partial charge is 0.372 e. The van der Waals surface area contributed by atoms with Crippen LogP contribution in [0.4, 0.5) is 11.4 Å². The van der Waals surface area contributed by atoms with Crippen LogP contribution in [-0.4, -0.2) is 24.9 Å². The van der Waals surface area contributed by atoms with E-state index in [4.69, 9.17) is 0 Å². The standard InChI is InChI=1S/C23H31N3O2/c1-6-18-9-11-19(12-10-18)17(5)24-22(27)23(28)25-21-14-13-20(15-16(21)4)26(7-2)8-3/h9-15,17H,6-8H2,1-5H3,(H,24,27)(H,25,28). The predicted molar refractivity (Wildman–Crippen MR) is 116 cm³/mol. The molecule has 2 N–H and O–H groups in total. The van der Waals surface area contributed by atoms with Gasteiger partial charge in [-0.25, -0.2) is 0 Å². The zero-order chi connectivity index (χ0) is 20.7. The Labute approximate surface area is 168 Å². The van der Waals surface area contributed by atoms with E-state index in [1.807, 2.05) is 56.3 Å². The van der Waals surface area contributed by atoms with Crippen LogP contribution in [0.3, 0.4) is 0 Å². The fourth-order valence-corrected chi connectivity index (χ4v) is 3.14. The molecule has 0 spiro atoms. The molecule has 0 heterocycles. The number of aryl methyl sites for hydroxylation is 2. The number of carbonyl (C=O) groups is 2. The molecule has 0 aromatic heterocycles. The minimum absolute atomic E-state index is 0.240. The topological polar surface area (TPSA) is 61.4 Å². The number of amides is 2. The molecule has 1 unspecified atom stereocenters. The molecule has 5 nitrogen and oxygen atoms in total. The van der Waals surface area contributed by atoms with Gasteiger partial charge in [-0.05, 0) is 69.0 Å². The number of nitrogens with one attached hydrogen (secondary N) is 2. The lowest BCUT2D eigenvalue weighted by Gasteiger charge is -2.22. The fourth-order valence-electron chi connectivity index (χ4n) is 3.14. The van der Waals surface area contributed by atoms with E-state index in [1.54, 1.807) is 0 Å². The maximum atomic E-state index is 12.3. The van der Waals surface area contributed by atoms with Crippen molar-refractivity contribution in [1.82, 2.24) is 5.32 Å². The van der Waals surface area contributed by atoms with Gasteiger partial charge in [0.1, 0.15) is 0 Å². The third-order valence-electron chi connectivity index (χ3n) is 5.03. The van der Waals surface area contributed by atoms with Crippen LogP contribution in [0.1, 0.15) is 50.4 Å². The zero-order valence-electron chi connectivity index (χ0n) is 17.5. The predicted octanol–water partition coefficient (Wildman–Crippen LogP) is 4.22. The van der Waals surface area contributed by atoms with E-state index in [-0.39, 0.29) is 6.04 Å². The van der Waals surface area contributed by atoms with E-state index in [9.17, 15) is 9.59 Å². The summed E-state index contributed by atoms with van der Waals surface area (Å²) in [6.45, 7) is 11.9. The Morgan fingerprint density at radius 3 is 2.14 bits per heavy atom. The van der Waals surface area contributed by atoms with Crippen LogP contribution in [0.15, 0.2) is 42.5 Å². The van der Waals surface area contributed by atoms with Crippen molar-refractivity contribution in [3.63, 3.8) is 0 Å². The maximum absolute atomic E-state index is 12.3. The van der Waals surface area contributed by atoms with E-state index >= 15 is 0 Å². The van der Waals surface area contributed by atoms with Crippen molar-refractivity contribution in [2.45, 2.75) is 47.1 Å². The fraction of sp³-hybridized carbons (Fsp3) is 0.391. The van der Waals surface area contributed by atoms with Crippen molar-refractivity contribution in [2.75, 3.05) is 23.3 Å². The molecule has 2 aromatic rings. The van der Waals surface area contributed by atoms with Crippen molar-refractivity contribution in [3.8, 4) is 0 Å². The Morgan fingerprint density at radius 1 is 0.964 bits per heavy atom. The van der Waals surface area contributed by atoms with Crippen LogP contribution in [-0.2, 0) is 16.0 Å². The Bertz CT molecular complexity index is 811. The number of nitrogens with zero attached hydrogens (tertiary/aromatic N) is 1. The molecule has 0 saturated carbocycles. The highest BCUT2D eigenvalue weighted by atomic mass is 16.2. The molecule has 1 atom stereocenters. The molecule has 2 amide bonds. The summed E-state index contributed by atoms with van der Waals surface area (Å²) in [6, 6.07) is 13.6. The van der Waals surface area contributed by atoms with Gasteiger partial charge < -0.3 is 15.5 Å². The molecule has 28 heavy (non-hydrogen) atoms. The molecule has 0 aliphatic carbocycles. The van der Waals surface area contributed by atoms with Gasteiger partial charge >= 0.3 is 11.8 Å². The average molecular weight is 382 g/mol. The summed E-state index contributed by atoms with van der Waals surface area (Å²) in [5, 5.41) is 5.48. The highest BCUT2D eigenvalue weighted by Crippen LogP contribution is 2.22. The van der Waals surface area contributed by atoms with Gasteiger partial charge in [0.05, 0.1) is 6.04 Å².